The molecular formula is C21H36O15S3. The SMILES string of the molecule is C=C(C)C(=O)OCCCS(=O)(=O)O.CC(=CCCCS(=O)(=O)O)C(=O)O.CC(=CCCCS(=O)(=O)O)C(=O)O. The van der Waals surface area contributed by atoms with E-state index in [1.807, 2.05) is 0 Å². The van der Waals surface area contributed by atoms with Crippen LogP contribution in [-0.4, -0.2) is 90.9 Å². The van der Waals surface area contributed by atoms with Crippen LogP contribution in [0.4, 0.5) is 0 Å². The third kappa shape index (κ3) is 35.4. The van der Waals surface area contributed by atoms with Crippen LogP contribution in [0.25, 0.3) is 0 Å². The summed E-state index contributed by atoms with van der Waals surface area (Å²) in [5.41, 5.74) is 0.609. The largest absolute Gasteiger partial charge is 0.478 e. The van der Waals surface area contributed by atoms with Crippen LogP contribution in [-0.2, 0) is 49.5 Å². The molecule has 0 saturated carbocycles. The highest BCUT2D eigenvalue weighted by molar-refractivity contribution is 7.86. The average molecular weight is 625 g/mol. The minimum atomic E-state index is -3.96. The highest BCUT2D eigenvalue weighted by Gasteiger charge is 2.07. The standard InChI is InChI=1S/3C7H12O5S/c1-6(2)7(8)12-4-3-5-13(9,10)11;2*1-6(7(8)9)4-2-3-5-13(10,11)12/h1,3-5H2,2H3,(H,9,10,11);2*4H,2-3,5H2,1H3,(H,8,9)(H,10,11,12). The number of rotatable bonds is 15. The zero-order valence-corrected chi connectivity index (χ0v) is 24.2. The maximum absolute atomic E-state index is 10.7. The first-order valence-corrected chi connectivity index (χ1v) is 15.8. The van der Waals surface area contributed by atoms with Crippen LogP contribution in [0.3, 0.4) is 0 Å². The Morgan fingerprint density at radius 3 is 1.23 bits per heavy atom. The molecule has 0 spiro atoms. The number of carbonyl (C=O) groups excluding carboxylic acids is 1. The molecule has 0 aliphatic rings. The van der Waals surface area contributed by atoms with E-state index >= 15 is 0 Å². The maximum Gasteiger partial charge on any atom is 0.333 e. The van der Waals surface area contributed by atoms with Gasteiger partial charge in [0, 0.05) is 16.7 Å². The monoisotopic (exact) mass is 624 g/mol. The third-order valence-corrected chi connectivity index (χ3v) is 6.33. The topological polar surface area (TPSA) is 264 Å². The molecule has 39 heavy (non-hydrogen) atoms. The summed E-state index contributed by atoms with van der Waals surface area (Å²) in [6.45, 7) is 7.65. The molecule has 0 fully saturated rings. The fraction of sp³-hybridized carbons (Fsp3) is 0.571. The summed E-state index contributed by atoms with van der Waals surface area (Å²) in [6, 6.07) is 0. The zero-order chi connectivity index (χ0) is 31.4. The summed E-state index contributed by atoms with van der Waals surface area (Å²) in [7, 11) is -11.8. The Morgan fingerprint density at radius 1 is 0.667 bits per heavy atom. The number of allylic oxidation sites excluding steroid dienone is 2. The Balaban J connectivity index is -0.000000498. The molecule has 0 unspecified atom stereocenters. The van der Waals surface area contributed by atoms with Crippen molar-refractivity contribution in [2.45, 2.75) is 52.9 Å². The number of hydrogen-bond acceptors (Lipinski definition) is 10. The van der Waals surface area contributed by atoms with Crippen molar-refractivity contribution in [3.63, 3.8) is 0 Å². The Labute approximate surface area is 228 Å². The molecule has 0 rings (SSSR count). The molecule has 5 N–H and O–H groups in total. The molecule has 0 radical (unpaired) electrons. The van der Waals surface area contributed by atoms with Gasteiger partial charge in [0.2, 0.25) is 0 Å². The molecule has 228 valence electrons. The smallest absolute Gasteiger partial charge is 0.333 e. The van der Waals surface area contributed by atoms with Gasteiger partial charge in [0.15, 0.2) is 0 Å². The molecule has 0 heterocycles. The van der Waals surface area contributed by atoms with Gasteiger partial charge < -0.3 is 14.9 Å². The molecule has 0 aromatic heterocycles. The average Bonchev–Trinajstić information content (AvgIpc) is 2.75. The molecule has 0 saturated heterocycles. The van der Waals surface area contributed by atoms with E-state index in [2.05, 4.69) is 11.3 Å². The number of aliphatic carboxylic acids is 2. The Hall–Kier alpha value is -2.64. The second-order valence-corrected chi connectivity index (χ2v) is 12.5. The van der Waals surface area contributed by atoms with E-state index in [9.17, 15) is 39.6 Å². The molecule has 0 aliphatic heterocycles. The minimum absolute atomic E-state index is 0.0362. The van der Waals surface area contributed by atoms with Crippen LogP contribution in [0.15, 0.2) is 35.5 Å². The normalized spacial score (nSPS) is 12.3. The number of carboxylic acids is 2. The van der Waals surface area contributed by atoms with Gasteiger partial charge in [-0.15, -0.1) is 0 Å². The van der Waals surface area contributed by atoms with Gasteiger partial charge in [-0.05, 0) is 52.9 Å². The van der Waals surface area contributed by atoms with Crippen molar-refractivity contribution in [1.29, 1.82) is 0 Å². The molecular weight excluding hydrogens is 588 g/mol. The number of carbonyl (C=O) groups is 3. The summed E-state index contributed by atoms with van der Waals surface area (Å²) >= 11 is 0. The fourth-order valence-corrected chi connectivity index (χ4v) is 3.42. The van der Waals surface area contributed by atoms with E-state index < -0.39 is 54.0 Å². The maximum atomic E-state index is 10.7. The van der Waals surface area contributed by atoms with Gasteiger partial charge in [-0.3, -0.25) is 13.7 Å². The summed E-state index contributed by atoms with van der Waals surface area (Å²) < 4.78 is 90.9. The van der Waals surface area contributed by atoms with Crippen LogP contribution in [0.1, 0.15) is 52.9 Å². The summed E-state index contributed by atoms with van der Waals surface area (Å²) in [6.07, 6.45) is 4.04. The molecule has 0 atom stereocenters. The van der Waals surface area contributed by atoms with Gasteiger partial charge in [-0.1, -0.05) is 18.7 Å². The van der Waals surface area contributed by atoms with Gasteiger partial charge in [-0.25, -0.2) is 14.4 Å². The quantitative estimate of drug-likeness (QED) is 0.0752. The van der Waals surface area contributed by atoms with E-state index in [4.69, 9.17) is 23.9 Å². The lowest BCUT2D eigenvalue weighted by Crippen LogP contribution is -2.11. The van der Waals surface area contributed by atoms with Crippen molar-refractivity contribution in [1.82, 2.24) is 0 Å². The predicted octanol–water partition coefficient (Wildman–Crippen LogP) is 1.75. The summed E-state index contributed by atoms with van der Waals surface area (Å²) in [4.78, 5) is 31.2. The van der Waals surface area contributed by atoms with Crippen molar-refractivity contribution in [2.24, 2.45) is 0 Å². The van der Waals surface area contributed by atoms with Crippen LogP contribution >= 0.6 is 0 Å². The number of hydrogen-bond donors (Lipinski definition) is 5. The fourth-order valence-electron chi connectivity index (χ4n) is 1.87. The Morgan fingerprint density at radius 2 is 0.974 bits per heavy atom. The lowest BCUT2D eigenvalue weighted by atomic mass is 10.2. The molecule has 0 aromatic carbocycles. The van der Waals surface area contributed by atoms with E-state index in [0.29, 0.717) is 12.8 Å². The zero-order valence-electron chi connectivity index (χ0n) is 21.8. The van der Waals surface area contributed by atoms with E-state index in [1.54, 1.807) is 0 Å². The predicted molar refractivity (Wildman–Crippen MR) is 141 cm³/mol. The second-order valence-electron chi connectivity index (χ2n) is 7.80. The van der Waals surface area contributed by atoms with Gasteiger partial charge in [-0.2, -0.15) is 25.3 Å². The van der Waals surface area contributed by atoms with Crippen molar-refractivity contribution in [2.75, 3.05) is 23.9 Å². The first-order valence-electron chi connectivity index (χ1n) is 11.0. The molecule has 15 nitrogen and oxygen atoms in total. The highest BCUT2D eigenvalue weighted by atomic mass is 32.2. The molecule has 18 heteroatoms. The number of esters is 1. The van der Waals surface area contributed by atoms with E-state index in [0.717, 1.165) is 0 Å². The van der Waals surface area contributed by atoms with E-state index in [-0.39, 0.29) is 54.1 Å². The lowest BCUT2D eigenvalue weighted by molar-refractivity contribution is -0.139. The highest BCUT2D eigenvalue weighted by Crippen LogP contribution is 2.01. The van der Waals surface area contributed by atoms with E-state index in [1.165, 1.54) is 32.9 Å². The first-order chi connectivity index (χ1) is 17.5. The first kappa shape index (κ1) is 40.9. The van der Waals surface area contributed by atoms with Gasteiger partial charge >= 0.3 is 17.9 Å². The van der Waals surface area contributed by atoms with Crippen LogP contribution in [0.2, 0.25) is 0 Å². The number of unbranched alkanes of at least 4 members (excludes halogenated alkanes) is 2. The van der Waals surface area contributed by atoms with Crippen LogP contribution in [0.5, 0.6) is 0 Å². The minimum Gasteiger partial charge on any atom is -0.478 e. The van der Waals surface area contributed by atoms with Gasteiger partial charge in [0.05, 0.1) is 23.9 Å². The Bertz CT molecular complexity index is 1130. The Kier molecular flexibility index (Phi) is 21.3. The molecule has 0 bridgehead atoms. The summed E-state index contributed by atoms with van der Waals surface area (Å²) in [5, 5.41) is 16.8. The van der Waals surface area contributed by atoms with Crippen LogP contribution in [0, 0.1) is 0 Å². The summed E-state index contributed by atoms with van der Waals surface area (Å²) in [5.74, 6) is -3.68. The van der Waals surface area contributed by atoms with Crippen molar-refractivity contribution < 1.29 is 68.2 Å². The van der Waals surface area contributed by atoms with Crippen LogP contribution < -0.4 is 0 Å². The lowest BCUT2D eigenvalue weighted by Gasteiger charge is -2.02. The number of carboxylic acid groups (broad SMARTS) is 2. The molecule has 0 aromatic rings. The van der Waals surface area contributed by atoms with Crippen molar-refractivity contribution in [3.05, 3.63) is 35.5 Å². The number of ether oxygens (including phenoxy) is 1. The van der Waals surface area contributed by atoms with Crippen molar-refractivity contribution >= 4 is 48.3 Å². The molecule has 0 aliphatic carbocycles. The third-order valence-electron chi connectivity index (χ3n) is 3.92. The molecule has 0 amide bonds. The van der Waals surface area contributed by atoms with Gasteiger partial charge in [0.1, 0.15) is 0 Å². The van der Waals surface area contributed by atoms with Gasteiger partial charge in [0.25, 0.3) is 30.4 Å². The van der Waals surface area contributed by atoms with Crippen molar-refractivity contribution in [3.8, 4) is 0 Å². The second kappa shape index (κ2) is 20.3.